The summed E-state index contributed by atoms with van der Waals surface area (Å²) in [5.41, 5.74) is 7.83. The molecule has 6 heteroatoms. The number of furan rings is 2. The van der Waals surface area contributed by atoms with Gasteiger partial charge in [0.1, 0.15) is 22.3 Å². The smallest absolute Gasteiger partial charge is 0.147 e. The number of para-hydroxylation sites is 2. The van der Waals surface area contributed by atoms with Crippen LogP contribution in [-0.4, -0.2) is 21.1 Å². The van der Waals surface area contributed by atoms with Crippen molar-refractivity contribution in [1.29, 1.82) is 0 Å². The number of hydrogen-bond donors (Lipinski definition) is 0. The predicted octanol–water partition coefficient (Wildman–Crippen LogP) is 9.10. The largest absolute Gasteiger partial charge is 0.456 e. The third kappa shape index (κ3) is 4.54. The molecule has 0 aliphatic heterocycles. The molecule has 3 heterocycles. The van der Waals surface area contributed by atoms with Crippen LogP contribution in [0.1, 0.15) is 0 Å². The SMILES string of the molecule is C[Si](C)(C)c1cccc2c1oc1c2c(-c2ccnc(-c3[c-]cccc3)c2)cc2oc3c([Si](C)(C)C)cccc3c21.[Ir]. The minimum absolute atomic E-state index is 0. The van der Waals surface area contributed by atoms with Gasteiger partial charge in [-0.15, -0.1) is 35.9 Å². The molecule has 41 heavy (non-hydrogen) atoms. The molecule has 7 aromatic rings. The Morgan fingerprint density at radius 2 is 1.32 bits per heavy atom. The van der Waals surface area contributed by atoms with Gasteiger partial charge in [0.25, 0.3) is 0 Å². The topological polar surface area (TPSA) is 39.2 Å². The fourth-order valence-corrected chi connectivity index (χ4v) is 8.87. The third-order valence-electron chi connectivity index (χ3n) is 7.90. The number of nitrogens with zero attached hydrogens (tertiary/aromatic N) is 1. The van der Waals surface area contributed by atoms with Crippen molar-refractivity contribution in [3.8, 4) is 22.4 Å². The molecule has 7 rings (SSSR count). The number of hydrogen-bond acceptors (Lipinski definition) is 3. The van der Waals surface area contributed by atoms with E-state index in [2.05, 4.69) is 111 Å². The van der Waals surface area contributed by atoms with Gasteiger partial charge in [-0.2, -0.15) is 0 Å². The summed E-state index contributed by atoms with van der Waals surface area (Å²) in [5.74, 6) is 0. The maximum absolute atomic E-state index is 6.96. The Kier molecular flexibility index (Phi) is 6.74. The van der Waals surface area contributed by atoms with Gasteiger partial charge in [0, 0.05) is 42.5 Å². The number of fused-ring (bicyclic) bond motifs is 7. The van der Waals surface area contributed by atoms with E-state index in [1.807, 2.05) is 24.4 Å². The van der Waals surface area contributed by atoms with Crippen LogP contribution in [0.4, 0.5) is 0 Å². The number of aromatic nitrogens is 1. The van der Waals surface area contributed by atoms with Crippen LogP contribution >= 0.6 is 0 Å². The zero-order valence-corrected chi connectivity index (χ0v) is 28.6. The van der Waals surface area contributed by atoms with Gasteiger partial charge in [0.15, 0.2) is 0 Å². The first-order chi connectivity index (χ1) is 19.1. The van der Waals surface area contributed by atoms with Crippen molar-refractivity contribution in [2.45, 2.75) is 39.3 Å². The van der Waals surface area contributed by atoms with E-state index in [-0.39, 0.29) is 20.1 Å². The van der Waals surface area contributed by atoms with Crippen molar-refractivity contribution < 1.29 is 28.9 Å². The number of pyridine rings is 1. The van der Waals surface area contributed by atoms with E-state index in [0.29, 0.717) is 0 Å². The Labute approximate surface area is 256 Å². The molecule has 0 spiro atoms. The molecule has 0 unspecified atom stereocenters. The van der Waals surface area contributed by atoms with Gasteiger partial charge in [-0.1, -0.05) is 81.7 Å². The van der Waals surface area contributed by atoms with E-state index in [9.17, 15) is 0 Å². The summed E-state index contributed by atoms with van der Waals surface area (Å²) in [7, 11) is -3.32. The second-order valence-electron chi connectivity index (χ2n) is 12.8. The van der Waals surface area contributed by atoms with Crippen LogP contribution in [0.3, 0.4) is 0 Å². The zero-order valence-electron chi connectivity index (χ0n) is 24.2. The molecule has 3 aromatic heterocycles. The van der Waals surface area contributed by atoms with E-state index >= 15 is 0 Å². The van der Waals surface area contributed by atoms with Crippen LogP contribution in [0.2, 0.25) is 39.3 Å². The standard InChI is InChI=1S/C35H32NO2Si2.Ir/c1-39(2,3)29-16-11-15-25-32-28(37-33(25)29)21-26(23-18-19-36-27(20-23)22-12-8-7-9-13-22)31-24-14-10-17-30(40(4,5)6)34(24)38-35(31)32;/h7-12,14-21H,1-6H3;/q-1;. The molecule has 0 atom stereocenters. The maximum Gasteiger partial charge on any atom is 0.147 e. The van der Waals surface area contributed by atoms with E-state index in [1.165, 1.54) is 10.4 Å². The molecule has 0 bridgehead atoms. The molecule has 0 aliphatic carbocycles. The number of benzene rings is 4. The van der Waals surface area contributed by atoms with Crippen molar-refractivity contribution in [3.63, 3.8) is 0 Å². The molecule has 3 nitrogen and oxygen atoms in total. The normalized spacial score (nSPS) is 12.4. The van der Waals surface area contributed by atoms with Gasteiger partial charge in [0.2, 0.25) is 0 Å². The Morgan fingerprint density at radius 1 is 0.659 bits per heavy atom. The van der Waals surface area contributed by atoms with Gasteiger partial charge in [-0.25, -0.2) is 0 Å². The third-order valence-corrected chi connectivity index (χ3v) is 11.9. The van der Waals surface area contributed by atoms with Crippen molar-refractivity contribution >= 4 is 70.4 Å². The Hall–Kier alpha value is -3.29. The van der Waals surface area contributed by atoms with Crippen LogP contribution in [0.25, 0.3) is 66.3 Å². The average Bonchev–Trinajstić information content (AvgIpc) is 3.50. The average molecular weight is 747 g/mol. The first-order valence-corrected chi connectivity index (χ1v) is 20.9. The molecule has 1 radical (unpaired) electrons. The fraction of sp³-hybridized carbons (Fsp3) is 0.171. The summed E-state index contributed by atoms with van der Waals surface area (Å²) in [4.78, 5) is 4.68. The Bertz CT molecular complexity index is 2080. The Morgan fingerprint density at radius 3 is 1.95 bits per heavy atom. The van der Waals surface area contributed by atoms with Gasteiger partial charge in [0.05, 0.1) is 21.5 Å². The summed E-state index contributed by atoms with van der Waals surface area (Å²) >= 11 is 0. The predicted molar refractivity (Wildman–Crippen MR) is 174 cm³/mol. The summed E-state index contributed by atoms with van der Waals surface area (Å²) < 4.78 is 13.7. The van der Waals surface area contributed by atoms with E-state index in [4.69, 9.17) is 8.83 Å². The molecule has 0 fully saturated rings. The maximum atomic E-state index is 6.96. The molecule has 0 saturated heterocycles. The fourth-order valence-electron chi connectivity index (χ4n) is 5.95. The van der Waals surface area contributed by atoms with Crippen LogP contribution in [-0.2, 0) is 20.1 Å². The molecule has 207 valence electrons. The summed E-state index contributed by atoms with van der Waals surface area (Å²) in [6.07, 6.45) is 1.89. The quantitative estimate of drug-likeness (QED) is 0.133. The first kappa shape index (κ1) is 27.9. The molecule has 0 saturated carbocycles. The minimum Gasteiger partial charge on any atom is -0.456 e. The molecule has 4 aromatic carbocycles. The molecular weight excluding hydrogens is 715 g/mol. The monoisotopic (exact) mass is 747 g/mol. The van der Waals surface area contributed by atoms with E-state index < -0.39 is 16.1 Å². The van der Waals surface area contributed by atoms with Gasteiger partial charge in [-0.3, -0.25) is 0 Å². The van der Waals surface area contributed by atoms with Crippen LogP contribution in [0, 0.1) is 6.07 Å². The van der Waals surface area contributed by atoms with Crippen molar-refractivity contribution in [2.75, 3.05) is 0 Å². The summed E-state index contributed by atoms with van der Waals surface area (Å²) in [5, 5.41) is 7.17. The van der Waals surface area contributed by atoms with Crippen LogP contribution in [0.5, 0.6) is 0 Å². The number of rotatable bonds is 4. The van der Waals surface area contributed by atoms with Gasteiger partial charge >= 0.3 is 0 Å². The van der Waals surface area contributed by atoms with Crippen LogP contribution in [0.15, 0.2) is 93.9 Å². The Balaban J connectivity index is 0.00000302. The van der Waals surface area contributed by atoms with Crippen molar-refractivity contribution in [2.24, 2.45) is 0 Å². The molecule has 0 aliphatic rings. The van der Waals surface area contributed by atoms with Crippen molar-refractivity contribution in [3.05, 3.63) is 91.1 Å². The molecular formula is C35H32IrNO2Si2-. The van der Waals surface area contributed by atoms with E-state index in [0.717, 1.165) is 66.3 Å². The van der Waals surface area contributed by atoms with Crippen LogP contribution < -0.4 is 10.4 Å². The first-order valence-electron chi connectivity index (χ1n) is 13.9. The van der Waals surface area contributed by atoms with E-state index in [1.54, 1.807) is 0 Å². The minimum atomic E-state index is -1.67. The van der Waals surface area contributed by atoms with Gasteiger partial charge < -0.3 is 13.8 Å². The molecule has 0 amide bonds. The summed E-state index contributed by atoms with van der Waals surface area (Å²) in [6.45, 7) is 14.3. The van der Waals surface area contributed by atoms with Crippen molar-refractivity contribution in [1.82, 2.24) is 4.98 Å². The van der Waals surface area contributed by atoms with Gasteiger partial charge in [-0.05, 0) is 39.3 Å². The zero-order chi connectivity index (χ0) is 27.8. The second kappa shape index (κ2) is 9.92. The molecule has 0 N–H and O–H groups in total. The summed E-state index contributed by atoms with van der Waals surface area (Å²) in [6, 6.07) is 31.0. The second-order valence-corrected chi connectivity index (χ2v) is 22.9.